The van der Waals surface area contributed by atoms with Crippen LogP contribution in [0.5, 0.6) is 5.75 Å². The molecule has 1 aliphatic heterocycles. The molecule has 1 aliphatic rings. The number of nitrogens with zero attached hydrogens (tertiary/aromatic N) is 3. The van der Waals surface area contributed by atoms with Crippen LogP contribution in [0, 0.1) is 12.8 Å². The number of aromatic nitrogens is 2. The van der Waals surface area contributed by atoms with Crippen molar-refractivity contribution in [3.8, 4) is 17.0 Å². The Bertz CT molecular complexity index is 1170. The number of benzene rings is 2. The summed E-state index contributed by atoms with van der Waals surface area (Å²) >= 11 is 0. The quantitative estimate of drug-likeness (QED) is 0.571. The Kier molecular flexibility index (Phi) is 7.06. The number of hydrogen-bond donors (Lipinski definition) is 2. The number of hydrogen-bond acceptors (Lipinski definition) is 6. The molecule has 4 rings (SSSR count). The molecule has 0 bridgehead atoms. The predicted octanol–water partition coefficient (Wildman–Crippen LogP) is 4.27. The van der Waals surface area contributed by atoms with E-state index < -0.39 is 0 Å². The van der Waals surface area contributed by atoms with Crippen LogP contribution in [0.15, 0.2) is 54.6 Å². The SMILES string of the molecule is COc1ccc(NC(C)=O)cc1NC(=O)C1CCN(c2ccc(-c3ccccc3C)nn2)CC1. The first-order valence-corrected chi connectivity index (χ1v) is 11.4. The Morgan fingerprint density at radius 3 is 2.41 bits per heavy atom. The van der Waals surface area contributed by atoms with Gasteiger partial charge in [0.2, 0.25) is 11.8 Å². The lowest BCUT2D eigenvalue weighted by molar-refractivity contribution is -0.120. The summed E-state index contributed by atoms with van der Waals surface area (Å²) in [5, 5.41) is 14.6. The van der Waals surface area contributed by atoms with E-state index >= 15 is 0 Å². The molecule has 3 aromatic rings. The van der Waals surface area contributed by atoms with Gasteiger partial charge in [-0.05, 0) is 55.7 Å². The van der Waals surface area contributed by atoms with E-state index in [1.807, 2.05) is 30.3 Å². The summed E-state index contributed by atoms with van der Waals surface area (Å²) in [5.74, 6) is 1.01. The summed E-state index contributed by atoms with van der Waals surface area (Å²) in [4.78, 5) is 26.5. The highest BCUT2D eigenvalue weighted by molar-refractivity contribution is 5.96. The van der Waals surface area contributed by atoms with Crippen LogP contribution in [0.3, 0.4) is 0 Å². The zero-order valence-corrected chi connectivity index (χ0v) is 19.7. The molecule has 2 N–H and O–H groups in total. The molecule has 0 atom stereocenters. The lowest BCUT2D eigenvalue weighted by Crippen LogP contribution is -2.38. The van der Waals surface area contributed by atoms with Gasteiger partial charge in [0, 0.05) is 37.2 Å². The van der Waals surface area contributed by atoms with Crippen molar-refractivity contribution in [3.05, 3.63) is 60.2 Å². The van der Waals surface area contributed by atoms with Gasteiger partial charge in [-0.3, -0.25) is 9.59 Å². The van der Waals surface area contributed by atoms with Gasteiger partial charge in [0.1, 0.15) is 5.75 Å². The fraction of sp³-hybridized carbons (Fsp3) is 0.308. The summed E-state index contributed by atoms with van der Waals surface area (Å²) in [7, 11) is 1.55. The van der Waals surface area contributed by atoms with Gasteiger partial charge in [0.25, 0.3) is 0 Å². The average Bonchev–Trinajstić information content (AvgIpc) is 2.84. The van der Waals surface area contributed by atoms with E-state index in [2.05, 4.69) is 38.7 Å². The molecule has 0 unspecified atom stereocenters. The summed E-state index contributed by atoms with van der Waals surface area (Å²) in [6, 6.07) is 17.3. The van der Waals surface area contributed by atoms with E-state index in [4.69, 9.17) is 4.74 Å². The van der Waals surface area contributed by atoms with Gasteiger partial charge >= 0.3 is 0 Å². The van der Waals surface area contributed by atoms with Crippen molar-refractivity contribution < 1.29 is 14.3 Å². The van der Waals surface area contributed by atoms with E-state index in [9.17, 15) is 9.59 Å². The third kappa shape index (κ3) is 5.33. The minimum atomic E-state index is -0.176. The van der Waals surface area contributed by atoms with E-state index in [1.54, 1.807) is 25.3 Å². The molecule has 0 radical (unpaired) electrons. The van der Waals surface area contributed by atoms with Crippen molar-refractivity contribution >= 4 is 29.0 Å². The zero-order valence-electron chi connectivity index (χ0n) is 19.7. The third-order valence-corrected chi connectivity index (χ3v) is 6.04. The second kappa shape index (κ2) is 10.3. The van der Waals surface area contributed by atoms with E-state index in [0.717, 1.165) is 35.7 Å². The van der Waals surface area contributed by atoms with Gasteiger partial charge in [-0.25, -0.2) is 0 Å². The number of amides is 2. The number of ether oxygens (including phenoxy) is 1. The smallest absolute Gasteiger partial charge is 0.227 e. The van der Waals surface area contributed by atoms with E-state index in [0.29, 0.717) is 30.0 Å². The summed E-state index contributed by atoms with van der Waals surface area (Å²) < 4.78 is 5.37. The van der Waals surface area contributed by atoms with Crippen LogP contribution < -0.4 is 20.3 Å². The van der Waals surface area contributed by atoms with Crippen LogP contribution in [0.2, 0.25) is 0 Å². The molecular weight excluding hydrogens is 430 g/mol. The van der Waals surface area contributed by atoms with Crippen LogP contribution in [-0.2, 0) is 9.59 Å². The zero-order chi connectivity index (χ0) is 24.1. The number of rotatable bonds is 6. The molecule has 0 aliphatic carbocycles. The number of aryl methyl sites for hydroxylation is 1. The molecule has 2 heterocycles. The van der Waals surface area contributed by atoms with E-state index in [1.165, 1.54) is 6.92 Å². The Morgan fingerprint density at radius 2 is 1.76 bits per heavy atom. The van der Waals surface area contributed by atoms with Crippen LogP contribution >= 0.6 is 0 Å². The molecule has 8 heteroatoms. The molecule has 8 nitrogen and oxygen atoms in total. The molecule has 0 spiro atoms. The first-order valence-electron chi connectivity index (χ1n) is 11.4. The maximum Gasteiger partial charge on any atom is 0.227 e. The third-order valence-electron chi connectivity index (χ3n) is 6.04. The fourth-order valence-corrected chi connectivity index (χ4v) is 4.19. The van der Waals surface area contributed by atoms with Crippen molar-refractivity contribution in [3.63, 3.8) is 0 Å². The van der Waals surface area contributed by atoms with Crippen LogP contribution in [0.25, 0.3) is 11.3 Å². The monoisotopic (exact) mass is 459 g/mol. The Labute approximate surface area is 199 Å². The van der Waals surface area contributed by atoms with Crippen LogP contribution in [0.1, 0.15) is 25.3 Å². The van der Waals surface area contributed by atoms with Crippen molar-refractivity contribution in [1.82, 2.24) is 10.2 Å². The minimum Gasteiger partial charge on any atom is -0.495 e. The predicted molar refractivity (Wildman–Crippen MR) is 133 cm³/mol. The molecular formula is C26H29N5O3. The number of carbonyl (C=O) groups is 2. The molecule has 176 valence electrons. The maximum absolute atomic E-state index is 12.9. The minimum absolute atomic E-state index is 0.0566. The largest absolute Gasteiger partial charge is 0.495 e. The Morgan fingerprint density at radius 1 is 1.00 bits per heavy atom. The topological polar surface area (TPSA) is 96.5 Å². The fourth-order valence-electron chi connectivity index (χ4n) is 4.19. The van der Waals surface area contributed by atoms with Gasteiger partial charge in [0.05, 0.1) is 18.5 Å². The summed E-state index contributed by atoms with van der Waals surface area (Å²) in [6.45, 7) is 4.95. The highest BCUT2D eigenvalue weighted by Crippen LogP contribution is 2.30. The van der Waals surface area contributed by atoms with Crippen molar-refractivity contribution in [1.29, 1.82) is 0 Å². The highest BCUT2D eigenvalue weighted by Gasteiger charge is 2.26. The second-order valence-electron chi connectivity index (χ2n) is 8.44. The molecule has 1 saturated heterocycles. The Hall–Kier alpha value is -3.94. The lowest BCUT2D eigenvalue weighted by Gasteiger charge is -2.32. The molecule has 2 aromatic carbocycles. The van der Waals surface area contributed by atoms with Gasteiger partial charge in [0.15, 0.2) is 5.82 Å². The first-order chi connectivity index (χ1) is 16.4. The number of carbonyl (C=O) groups excluding carboxylic acids is 2. The molecule has 2 amide bonds. The summed E-state index contributed by atoms with van der Waals surface area (Å²) in [5.41, 5.74) is 4.24. The number of nitrogens with one attached hydrogen (secondary N) is 2. The van der Waals surface area contributed by atoms with Crippen LogP contribution in [-0.4, -0.2) is 42.2 Å². The van der Waals surface area contributed by atoms with Gasteiger partial charge in [-0.1, -0.05) is 24.3 Å². The highest BCUT2D eigenvalue weighted by atomic mass is 16.5. The standard InChI is InChI=1S/C26H29N5O3/c1-17-6-4-5-7-21(17)22-9-11-25(30-29-22)31-14-12-19(13-15-31)26(33)28-23-16-20(27-18(2)32)8-10-24(23)34-3/h4-11,16,19H,12-15H2,1-3H3,(H,27,32)(H,28,33). The van der Waals surface area contributed by atoms with Gasteiger partial charge < -0.3 is 20.3 Å². The van der Waals surface area contributed by atoms with Crippen molar-refractivity contribution in [2.75, 3.05) is 35.7 Å². The number of piperidine rings is 1. The molecule has 1 fully saturated rings. The first kappa shape index (κ1) is 23.2. The summed E-state index contributed by atoms with van der Waals surface area (Å²) in [6.07, 6.45) is 1.42. The number of methoxy groups -OCH3 is 1. The number of anilines is 3. The molecule has 34 heavy (non-hydrogen) atoms. The maximum atomic E-state index is 12.9. The molecule has 1 aromatic heterocycles. The van der Waals surface area contributed by atoms with Gasteiger partial charge in [-0.2, -0.15) is 0 Å². The normalized spacial score (nSPS) is 13.9. The van der Waals surface area contributed by atoms with Gasteiger partial charge in [-0.15, -0.1) is 10.2 Å². The average molecular weight is 460 g/mol. The molecule has 0 saturated carbocycles. The second-order valence-corrected chi connectivity index (χ2v) is 8.44. The Balaban J connectivity index is 1.37. The van der Waals surface area contributed by atoms with Crippen molar-refractivity contribution in [2.45, 2.75) is 26.7 Å². The lowest BCUT2D eigenvalue weighted by atomic mass is 9.95. The van der Waals surface area contributed by atoms with Crippen molar-refractivity contribution in [2.24, 2.45) is 5.92 Å². The van der Waals surface area contributed by atoms with Crippen LogP contribution in [0.4, 0.5) is 17.2 Å². The van der Waals surface area contributed by atoms with E-state index in [-0.39, 0.29) is 17.7 Å².